The van der Waals surface area contributed by atoms with Crippen LogP contribution in [-0.2, 0) is 0 Å². The van der Waals surface area contributed by atoms with Gasteiger partial charge in [0, 0.05) is 20.5 Å². The minimum Gasteiger partial charge on any atom is -0.507 e. The van der Waals surface area contributed by atoms with Gasteiger partial charge < -0.3 is 5.11 Å². The van der Waals surface area contributed by atoms with E-state index < -0.39 is 22.9 Å². The normalized spacial score (nSPS) is 12.1. The summed E-state index contributed by atoms with van der Waals surface area (Å²) in [6.07, 6.45) is 0. The molecule has 0 bridgehead atoms. The predicted octanol–water partition coefficient (Wildman–Crippen LogP) is 3.79. The number of para-hydroxylation sites is 1. The van der Waals surface area contributed by atoms with Crippen LogP contribution in [-0.4, -0.2) is 26.8 Å². The third-order valence-electron chi connectivity index (χ3n) is 4.01. The topological polar surface area (TPSA) is 112 Å². The van der Waals surface area contributed by atoms with Gasteiger partial charge in [0.25, 0.3) is 5.56 Å². The van der Waals surface area contributed by atoms with Crippen LogP contribution in [0.4, 0.5) is 0 Å². The number of aromatic nitrogens is 2. The molecular weight excluding hydrogens is 381 g/mol. The maximum Gasteiger partial charge on any atom is 0.268 e. The van der Waals surface area contributed by atoms with Gasteiger partial charge in [0.2, 0.25) is 6.54 Å². The SMILES string of the molecule is O=c1[nH][nH]c(-c2ccccc2O)c1[C@H](C[N+](=O)[O-])c1ccc(Cl)cc1Cl. The van der Waals surface area contributed by atoms with Gasteiger partial charge in [-0.25, -0.2) is 0 Å². The zero-order chi connectivity index (χ0) is 18.8. The van der Waals surface area contributed by atoms with Gasteiger partial charge in [0.15, 0.2) is 0 Å². The molecule has 0 saturated carbocycles. The second kappa shape index (κ2) is 7.23. The van der Waals surface area contributed by atoms with Crippen LogP contribution in [0.5, 0.6) is 5.75 Å². The molecule has 26 heavy (non-hydrogen) atoms. The molecule has 1 aromatic heterocycles. The Bertz CT molecular complexity index is 1030. The van der Waals surface area contributed by atoms with Crippen LogP contribution in [0.15, 0.2) is 47.3 Å². The van der Waals surface area contributed by atoms with Crippen molar-refractivity contribution in [3.05, 3.63) is 84.1 Å². The lowest BCUT2D eigenvalue weighted by molar-refractivity contribution is -0.481. The number of rotatable bonds is 5. The highest BCUT2D eigenvalue weighted by Crippen LogP contribution is 2.37. The molecule has 0 amide bonds. The lowest BCUT2D eigenvalue weighted by Gasteiger charge is -2.15. The van der Waals surface area contributed by atoms with Crippen molar-refractivity contribution in [1.29, 1.82) is 0 Å². The first kappa shape index (κ1) is 18.0. The van der Waals surface area contributed by atoms with Crippen molar-refractivity contribution in [3.8, 4) is 17.0 Å². The quantitative estimate of drug-likeness (QED) is 0.451. The molecule has 0 unspecified atom stereocenters. The van der Waals surface area contributed by atoms with Crippen molar-refractivity contribution in [3.63, 3.8) is 0 Å². The highest BCUT2D eigenvalue weighted by atomic mass is 35.5. The highest BCUT2D eigenvalue weighted by molar-refractivity contribution is 6.35. The van der Waals surface area contributed by atoms with Gasteiger partial charge >= 0.3 is 0 Å². The number of aromatic amines is 2. The molecular formula is C17H13Cl2N3O4. The molecule has 1 heterocycles. The summed E-state index contributed by atoms with van der Waals surface area (Å²) in [4.78, 5) is 23.2. The Hall–Kier alpha value is -2.77. The fraction of sp³-hybridized carbons (Fsp3) is 0.118. The fourth-order valence-corrected chi connectivity index (χ4v) is 3.42. The average Bonchev–Trinajstić information content (AvgIpc) is 2.95. The van der Waals surface area contributed by atoms with E-state index in [1.165, 1.54) is 12.1 Å². The summed E-state index contributed by atoms with van der Waals surface area (Å²) in [6, 6.07) is 10.9. The van der Waals surface area contributed by atoms with Gasteiger partial charge in [-0.2, -0.15) is 0 Å². The van der Waals surface area contributed by atoms with E-state index in [-0.39, 0.29) is 22.0 Å². The minimum absolute atomic E-state index is 0.0638. The summed E-state index contributed by atoms with van der Waals surface area (Å²) in [7, 11) is 0. The lowest BCUT2D eigenvalue weighted by atomic mass is 9.89. The number of nitrogens with zero attached hydrogens (tertiary/aromatic N) is 1. The van der Waals surface area contributed by atoms with E-state index in [0.717, 1.165) is 0 Å². The number of nitro groups is 1. The zero-order valence-corrected chi connectivity index (χ0v) is 14.7. The molecule has 0 radical (unpaired) electrons. The Morgan fingerprint density at radius 2 is 1.88 bits per heavy atom. The summed E-state index contributed by atoms with van der Waals surface area (Å²) < 4.78 is 0. The van der Waals surface area contributed by atoms with E-state index in [1.54, 1.807) is 30.3 Å². The first-order valence-corrected chi connectivity index (χ1v) is 8.29. The number of hydrogen-bond acceptors (Lipinski definition) is 4. The highest BCUT2D eigenvalue weighted by Gasteiger charge is 2.30. The van der Waals surface area contributed by atoms with Gasteiger partial charge in [-0.05, 0) is 29.8 Å². The van der Waals surface area contributed by atoms with E-state index in [9.17, 15) is 20.0 Å². The molecule has 2 aromatic carbocycles. The van der Waals surface area contributed by atoms with Crippen molar-refractivity contribution in [1.82, 2.24) is 10.2 Å². The molecule has 7 nitrogen and oxygen atoms in total. The Kier molecular flexibility index (Phi) is 5.01. The molecule has 9 heteroatoms. The first-order chi connectivity index (χ1) is 12.4. The second-order valence-electron chi connectivity index (χ2n) is 5.62. The Morgan fingerprint density at radius 3 is 2.54 bits per heavy atom. The van der Waals surface area contributed by atoms with E-state index in [1.807, 2.05) is 0 Å². The molecule has 134 valence electrons. The molecule has 3 rings (SSSR count). The fourth-order valence-electron chi connectivity index (χ4n) is 2.88. The summed E-state index contributed by atoms with van der Waals surface area (Å²) in [5, 5.41) is 27.1. The summed E-state index contributed by atoms with van der Waals surface area (Å²) in [5.41, 5.74) is 0.605. The zero-order valence-electron chi connectivity index (χ0n) is 13.2. The van der Waals surface area contributed by atoms with Crippen LogP contribution in [0.2, 0.25) is 10.0 Å². The maximum atomic E-state index is 12.4. The number of phenols is 1. The number of H-pyrrole nitrogens is 2. The minimum atomic E-state index is -0.931. The maximum absolute atomic E-state index is 12.4. The number of phenolic OH excluding ortho intramolecular Hbond substituents is 1. The van der Waals surface area contributed by atoms with Crippen LogP contribution in [0.1, 0.15) is 17.0 Å². The van der Waals surface area contributed by atoms with Crippen molar-refractivity contribution in [2.24, 2.45) is 0 Å². The molecule has 0 aliphatic carbocycles. The van der Waals surface area contributed by atoms with E-state index in [4.69, 9.17) is 23.2 Å². The summed E-state index contributed by atoms with van der Waals surface area (Å²) in [6.45, 7) is -0.553. The van der Waals surface area contributed by atoms with E-state index >= 15 is 0 Å². The van der Waals surface area contributed by atoms with Crippen molar-refractivity contribution in [2.45, 2.75) is 5.92 Å². The van der Waals surface area contributed by atoms with Gasteiger partial charge in [-0.3, -0.25) is 25.1 Å². The van der Waals surface area contributed by atoms with Gasteiger partial charge in [-0.1, -0.05) is 41.4 Å². The molecule has 0 spiro atoms. The van der Waals surface area contributed by atoms with Gasteiger partial charge in [-0.15, -0.1) is 0 Å². The monoisotopic (exact) mass is 393 g/mol. The predicted molar refractivity (Wildman–Crippen MR) is 98.7 cm³/mol. The van der Waals surface area contributed by atoms with Crippen LogP contribution >= 0.6 is 23.2 Å². The van der Waals surface area contributed by atoms with Crippen molar-refractivity contribution in [2.75, 3.05) is 6.54 Å². The van der Waals surface area contributed by atoms with Crippen molar-refractivity contribution >= 4 is 23.2 Å². The van der Waals surface area contributed by atoms with E-state index in [0.29, 0.717) is 16.1 Å². The standard InChI is InChI=1S/C17H13Cl2N3O4/c18-9-5-6-10(13(19)7-9)12(8-22(25)26)15-16(20-21-17(15)24)11-3-1-2-4-14(11)23/h1-7,12,23H,8H2,(H2,20,21,24)/t12-/m1/s1. The number of hydrogen-bond donors (Lipinski definition) is 3. The van der Waals surface area contributed by atoms with Gasteiger partial charge in [0.1, 0.15) is 5.75 Å². The third-order valence-corrected chi connectivity index (χ3v) is 4.57. The van der Waals surface area contributed by atoms with E-state index in [2.05, 4.69) is 10.2 Å². The average molecular weight is 394 g/mol. The Morgan fingerprint density at radius 1 is 1.15 bits per heavy atom. The lowest BCUT2D eigenvalue weighted by Crippen LogP contribution is -2.20. The smallest absolute Gasteiger partial charge is 0.268 e. The molecule has 0 fully saturated rings. The Balaban J connectivity index is 2.23. The number of halogens is 2. The van der Waals surface area contributed by atoms with Crippen LogP contribution in [0.3, 0.4) is 0 Å². The molecule has 1 atom stereocenters. The summed E-state index contributed by atoms with van der Waals surface area (Å²) in [5.74, 6) is -0.995. The molecule has 0 aliphatic heterocycles. The number of benzene rings is 2. The van der Waals surface area contributed by atoms with Crippen LogP contribution < -0.4 is 5.56 Å². The summed E-state index contributed by atoms with van der Waals surface area (Å²) >= 11 is 12.1. The molecule has 0 saturated heterocycles. The first-order valence-electron chi connectivity index (χ1n) is 7.54. The third kappa shape index (κ3) is 3.44. The van der Waals surface area contributed by atoms with Crippen LogP contribution in [0, 0.1) is 10.1 Å². The molecule has 0 aliphatic rings. The second-order valence-corrected chi connectivity index (χ2v) is 6.46. The molecule has 3 N–H and O–H groups in total. The largest absolute Gasteiger partial charge is 0.507 e. The van der Waals surface area contributed by atoms with Crippen molar-refractivity contribution < 1.29 is 10.0 Å². The van der Waals surface area contributed by atoms with Gasteiger partial charge in [0.05, 0.1) is 17.2 Å². The molecule has 3 aromatic rings. The Labute approximate surface area is 157 Å². The van der Waals surface area contributed by atoms with Crippen LogP contribution in [0.25, 0.3) is 11.3 Å². The number of aromatic hydroxyl groups is 1. The number of nitrogens with one attached hydrogen (secondary N) is 2.